The van der Waals surface area contributed by atoms with E-state index >= 15 is 0 Å². The van der Waals surface area contributed by atoms with Crippen LogP contribution in [0.25, 0.3) is 21.8 Å². The first-order valence-corrected chi connectivity index (χ1v) is 11.1. The van der Waals surface area contributed by atoms with Gasteiger partial charge in [-0.2, -0.15) is 4.31 Å². The van der Waals surface area contributed by atoms with Crippen LogP contribution in [0.3, 0.4) is 0 Å². The van der Waals surface area contributed by atoms with Gasteiger partial charge >= 0.3 is 0 Å². The van der Waals surface area contributed by atoms with E-state index in [0.717, 1.165) is 21.8 Å². The third-order valence-electron chi connectivity index (χ3n) is 5.06. The summed E-state index contributed by atoms with van der Waals surface area (Å²) in [7, 11) is -2.24. The average Bonchev–Trinajstić information content (AvgIpc) is 3.02. The second-order valence-corrected chi connectivity index (χ2v) is 9.52. The molecule has 0 aliphatic heterocycles. The maximum Gasteiger partial charge on any atom is 0.242 e. The summed E-state index contributed by atoms with van der Waals surface area (Å²) in [6.45, 7) is 0.264. The number of halogens is 1. The fourth-order valence-corrected chi connectivity index (χ4v) is 4.98. The molecule has 0 unspecified atom stereocenters. The summed E-state index contributed by atoms with van der Waals surface area (Å²) < 4.78 is 28.8. The van der Waals surface area contributed by atoms with Crippen molar-refractivity contribution < 1.29 is 13.5 Å². The average molecular weight is 429 g/mol. The van der Waals surface area contributed by atoms with Crippen molar-refractivity contribution in [1.29, 1.82) is 0 Å². The number of aliphatic hydroxyl groups excluding tert-OH is 1. The van der Waals surface area contributed by atoms with Gasteiger partial charge in [0.25, 0.3) is 0 Å². The van der Waals surface area contributed by atoms with Crippen LogP contribution >= 0.6 is 11.6 Å². The van der Waals surface area contributed by atoms with E-state index in [2.05, 4.69) is 12.1 Å². The number of fused-ring (bicyclic) bond motifs is 3. The lowest BCUT2D eigenvalue weighted by atomic mass is 10.2. The lowest BCUT2D eigenvalue weighted by Gasteiger charge is -2.21. The predicted molar refractivity (Wildman–Crippen MR) is 117 cm³/mol. The number of likely N-dealkylation sites (N-methyl/N-ethyl adjacent to an activating group) is 1. The van der Waals surface area contributed by atoms with E-state index in [1.54, 1.807) is 0 Å². The van der Waals surface area contributed by atoms with Crippen LogP contribution in [0, 0.1) is 0 Å². The van der Waals surface area contributed by atoms with Gasteiger partial charge in [-0.3, -0.25) is 0 Å². The highest BCUT2D eigenvalue weighted by atomic mass is 35.5. The first kappa shape index (κ1) is 19.9. The molecule has 1 N–H and O–H groups in total. The zero-order valence-corrected chi connectivity index (χ0v) is 17.4. The topological polar surface area (TPSA) is 62.5 Å². The zero-order valence-electron chi connectivity index (χ0n) is 15.9. The molecule has 0 amide bonds. The van der Waals surface area contributed by atoms with Crippen molar-refractivity contribution in [2.45, 2.75) is 17.5 Å². The van der Waals surface area contributed by atoms with E-state index in [9.17, 15) is 13.5 Å². The highest BCUT2D eigenvalue weighted by Gasteiger charge is 2.24. The van der Waals surface area contributed by atoms with Gasteiger partial charge in [0.2, 0.25) is 10.0 Å². The molecule has 29 heavy (non-hydrogen) atoms. The summed E-state index contributed by atoms with van der Waals surface area (Å²) in [6, 6.07) is 22.0. The minimum absolute atomic E-state index is 0.0220. The summed E-state index contributed by atoms with van der Waals surface area (Å²) in [5.74, 6) is 0. The molecule has 0 saturated carbocycles. The Kier molecular flexibility index (Phi) is 5.36. The summed E-state index contributed by atoms with van der Waals surface area (Å²) in [5.41, 5.74) is 2.02. The molecule has 4 aromatic rings. The van der Waals surface area contributed by atoms with E-state index in [-0.39, 0.29) is 18.0 Å². The van der Waals surface area contributed by atoms with Crippen molar-refractivity contribution in [2.75, 3.05) is 13.6 Å². The third-order valence-corrected chi connectivity index (χ3v) is 7.15. The quantitative estimate of drug-likeness (QED) is 0.502. The molecule has 3 aromatic carbocycles. The molecule has 1 aromatic heterocycles. The monoisotopic (exact) mass is 428 g/mol. The van der Waals surface area contributed by atoms with Crippen LogP contribution < -0.4 is 0 Å². The summed E-state index contributed by atoms with van der Waals surface area (Å²) in [4.78, 5) is 0.147. The molecule has 0 aliphatic rings. The van der Waals surface area contributed by atoms with Crippen LogP contribution in [0.15, 0.2) is 77.7 Å². The predicted octanol–water partition coefficient (Wildman–Crippen LogP) is 4.13. The normalized spacial score (nSPS) is 13.4. The molecular formula is C22H21ClN2O3S. The Morgan fingerprint density at radius 3 is 2.00 bits per heavy atom. The van der Waals surface area contributed by atoms with Gasteiger partial charge in [-0.1, -0.05) is 48.0 Å². The number of hydrogen-bond acceptors (Lipinski definition) is 3. The smallest absolute Gasteiger partial charge is 0.242 e. The molecule has 4 rings (SSSR count). The second kappa shape index (κ2) is 7.80. The van der Waals surface area contributed by atoms with Crippen LogP contribution in [0.1, 0.15) is 0 Å². The molecular weight excluding hydrogens is 408 g/mol. The standard InChI is InChI=1S/C22H21ClN2O3S/c1-24(29(27,28)18-12-10-16(23)11-13-18)14-17(26)15-25-21-8-4-2-6-19(21)20-7-3-5-9-22(20)25/h2-13,17,26H,14-15H2,1H3/t17-/m1/s1. The van der Waals surface area contributed by atoms with E-state index < -0.39 is 16.1 Å². The van der Waals surface area contributed by atoms with E-state index in [1.165, 1.54) is 35.6 Å². The molecule has 7 heteroatoms. The first-order valence-electron chi connectivity index (χ1n) is 9.24. The number of aliphatic hydroxyl groups is 1. The zero-order chi connectivity index (χ0) is 20.6. The SMILES string of the molecule is CN(C[C@@H](O)Cn1c2ccccc2c2ccccc21)S(=O)(=O)c1ccc(Cl)cc1. The third kappa shape index (κ3) is 3.76. The molecule has 150 valence electrons. The van der Waals surface area contributed by atoms with Gasteiger partial charge in [0.15, 0.2) is 0 Å². The summed E-state index contributed by atoms with van der Waals surface area (Å²) in [6.07, 6.45) is -0.874. The van der Waals surface area contributed by atoms with Crippen LogP contribution in [0.2, 0.25) is 5.02 Å². The van der Waals surface area contributed by atoms with Gasteiger partial charge in [0.05, 0.1) is 17.5 Å². The lowest BCUT2D eigenvalue weighted by molar-refractivity contribution is 0.136. The van der Waals surface area contributed by atoms with Crippen LogP contribution in [-0.4, -0.2) is 42.1 Å². The molecule has 0 aliphatic carbocycles. The molecule has 0 saturated heterocycles. The van der Waals surface area contributed by atoms with Gasteiger partial charge in [0, 0.05) is 40.4 Å². The molecule has 0 spiro atoms. The van der Waals surface area contributed by atoms with Gasteiger partial charge < -0.3 is 9.67 Å². The fourth-order valence-electron chi connectivity index (χ4n) is 3.65. The summed E-state index contributed by atoms with van der Waals surface area (Å²) >= 11 is 5.85. The molecule has 0 bridgehead atoms. The number of hydrogen-bond donors (Lipinski definition) is 1. The fraction of sp³-hybridized carbons (Fsp3) is 0.182. The van der Waals surface area contributed by atoms with Crippen LogP contribution in [-0.2, 0) is 16.6 Å². The Balaban J connectivity index is 1.60. The van der Waals surface area contributed by atoms with Crippen LogP contribution in [0.4, 0.5) is 0 Å². The highest BCUT2D eigenvalue weighted by Crippen LogP contribution is 2.29. The number of aromatic nitrogens is 1. The number of rotatable bonds is 6. The van der Waals surface area contributed by atoms with E-state index in [0.29, 0.717) is 5.02 Å². The minimum atomic E-state index is -3.71. The van der Waals surface area contributed by atoms with Crippen molar-refractivity contribution >= 4 is 43.4 Å². The van der Waals surface area contributed by atoms with Gasteiger partial charge in [-0.05, 0) is 36.4 Å². The molecule has 0 radical (unpaired) electrons. The Morgan fingerprint density at radius 2 is 1.45 bits per heavy atom. The number of sulfonamides is 1. The van der Waals surface area contributed by atoms with Gasteiger partial charge in [0.1, 0.15) is 0 Å². The van der Waals surface area contributed by atoms with E-state index in [4.69, 9.17) is 11.6 Å². The lowest BCUT2D eigenvalue weighted by Crippen LogP contribution is -2.36. The molecule has 0 fully saturated rings. The second-order valence-electron chi connectivity index (χ2n) is 7.04. The number of nitrogens with zero attached hydrogens (tertiary/aromatic N) is 2. The van der Waals surface area contributed by atoms with Crippen LogP contribution in [0.5, 0.6) is 0 Å². The molecule has 5 nitrogen and oxygen atoms in total. The molecule has 1 atom stereocenters. The van der Waals surface area contributed by atoms with Gasteiger partial charge in [-0.25, -0.2) is 8.42 Å². The molecule has 1 heterocycles. The Morgan fingerprint density at radius 1 is 0.931 bits per heavy atom. The maximum atomic E-state index is 12.8. The minimum Gasteiger partial charge on any atom is -0.390 e. The maximum absolute atomic E-state index is 12.8. The van der Waals surface area contributed by atoms with Crippen molar-refractivity contribution in [3.05, 3.63) is 77.8 Å². The van der Waals surface area contributed by atoms with Crippen molar-refractivity contribution in [3.63, 3.8) is 0 Å². The van der Waals surface area contributed by atoms with Crippen molar-refractivity contribution in [3.8, 4) is 0 Å². The van der Waals surface area contributed by atoms with E-state index in [1.807, 2.05) is 41.0 Å². The van der Waals surface area contributed by atoms with Crippen molar-refractivity contribution in [2.24, 2.45) is 0 Å². The Labute approximate surface area is 174 Å². The summed E-state index contributed by atoms with van der Waals surface area (Å²) in [5, 5.41) is 13.4. The first-order chi connectivity index (χ1) is 13.9. The number of benzene rings is 3. The van der Waals surface area contributed by atoms with Crippen molar-refractivity contribution in [1.82, 2.24) is 8.87 Å². The Bertz CT molecular complexity index is 1210. The Hall–Kier alpha value is -2.38. The number of para-hydroxylation sites is 2. The van der Waals surface area contributed by atoms with Gasteiger partial charge in [-0.15, -0.1) is 0 Å². The largest absolute Gasteiger partial charge is 0.390 e. The highest BCUT2D eigenvalue weighted by molar-refractivity contribution is 7.89.